The summed E-state index contributed by atoms with van der Waals surface area (Å²) in [5, 5.41) is 0. The number of nitrogens with zero attached hydrogens (tertiary/aromatic N) is 2. The summed E-state index contributed by atoms with van der Waals surface area (Å²) >= 11 is 0. The van der Waals surface area contributed by atoms with Gasteiger partial charge in [0.05, 0.1) is 13.7 Å². The lowest BCUT2D eigenvalue weighted by Gasteiger charge is -2.27. The second-order valence-electron chi connectivity index (χ2n) is 6.61. The summed E-state index contributed by atoms with van der Waals surface area (Å²) in [6, 6.07) is 18.4. The predicted molar refractivity (Wildman–Crippen MR) is 105 cm³/mol. The van der Waals surface area contributed by atoms with E-state index in [0.717, 1.165) is 30.8 Å². The molecule has 1 fully saturated rings. The van der Waals surface area contributed by atoms with Gasteiger partial charge in [-0.05, 0) is 42.7 Å². The number of hydrogen-bond acceptors (Lipinski definition) is 3. The number of para-hydroxylation sites is 1. The summed E-state index contributed by atoms with van der Waals surface area (Å²) in [6.45, 7) is 5.51. The molecule has 0 spiro atoms. The third-order valence-electron chi connectivity index (χ3n) is 4.63. The first-order valence-electron chi connectivity index (χ1n) is 9.04. The number of amides is 1. The van der Waals surface area contributed by atoms with Crippen molar-refractivity contribution >= 4 is 11.6 Å². The van der Waals surface area contributed by atoms with Gasteiger partial charge in [-0.25, -0.2) is 0 Å². The lowest BCUT2D eigenvalue weighted by atomic mass is 10.2. The molecule has 4 nitrogen and oxygen atoms in total. The topological polar surface area (TPSA) is 32.8 Å². The third-order valence-corrected chi connectivity index (χ3v) is 4.63. The van der Waals surface area contributed by atoms with E-state index in [2.05, 4.69) is 23.6 Å². The molecule has 0 unspecified atom stereocenters. The number of anilines is 1. The highest BCUT2D eigenvalue weighted by Crippen LogP contribution is 2.29. The maximum absolute atomic E-state index is 13.0. The van der Waals surface area contributed by atoms with Crippen LogP contribution in [0.15, 0.2) is 67.3 Å². The minimum absolute atomic E-state index is 0.108. The highest BCUT2D eigenvalue weighted by Gasteiger charge is 2.31. The Kier molecular flexibility index (Phi) is 6.08. The minimum Gasteiger partial charge on any atom is -0.497 e. The number of carbonyl (C=O) groups is 1. The summed E-state index contributed by atoms with van der Waals surface area (Å²) in [5.74, 6) is 0.959. The molecule has 4 heteroatoms. The van der Waals surface area contributed by atoms with Crippen LogP contribution in [0.1, 0.15) is 18.4 Å². The molecular formula is C22H26N2O2. The summed E-state index contributed by atoms with van der Waals surface area (Å²) in [7, 11) is 1.67. The number of hydrogen-bond donors (Lipinski definition) is 0. The van der Waals surface area contributed by atoms with Crippen molar-refractivity contribution in [2.45, 2.75) is 25.4 Å². The zero-order valence-corrected chi connectivity index (χ0v) is 15.3. The number of rotatable bonds is 9. The maximum Gasteiger partial charge on any atom is 0.241 e. The Morgan fingerprint density at radius 2 is 1.85 bits per heavy atom. The molecular weight excluding hydrogens is 324 g/mol. The molecule has 0 N–H and O–H groups in total. The summed E-state index contributed by atoms with van der Waals surface area (Å²) < 4.78 is 5.22. The van der Waals surface area contributed by atoms with Crippen LogP contribution >= 0.6 is 0 Å². The lowest BCUT2D eigenvalue weighted by molar-refractivity contribution is -0.119. The average molecular weight is 350 g/mol. The van der Waals surface area contributed by atoms with Gasteiger partial charge in [-0.3, -0.25) is 9.69 Å². The molecule has 0 heterocycles. The van der Waals surface area contributed by atoms with E-state index in [-0.39, 0.29) is 5.91 Å². The van der Waals surface area contributed by atoms with E-state index in [1.54, 1.807) is 18.1 Å². The Morgan fingerprint density at radius 1 is 1.15 bits per heavy atom. The van der Waals surface area contributed by atoms with Crippen LogP contribution in [0.2, 0.25) is 0 Å². The second-order valence-corrected chi connectivity index (χ2v) is 6.61. The van der Waals surface area contributed by atoms with E-state index in [1.807, 2.05) is 42.5 Å². The molecule has 26 heavy (non-hydrogen) atoms. The fraction of sp³-hybridized carbons (Fsp3) is 0.318. The van der Waals surface area contributed by atoms with Gasteiger partial charge in [0, 0.05) is 24.8 Å². The van der Waals surface area contributed by atoms with Crippen LogP contribution in [0.3, 0.4) is 0 Å². The van der Waals surface area contributed by atoms with E-state index in [9.17, 15) is 4.79 Å². The summed E-state index contributed by atoms with van der Waals surface area (Å²) in [6.07, 6.45) is 4.10. The van der Waals surface area contributed by atoms with Crippen molar-refractivity contribution in [2.75, 3.05) is 25.1 Å². The quantitative estimate of drug-likeness (QED) is 0.644. The van der Waals surface area contributed by atoms with Gasteiger partial charge in [0.15, 0.2) is 0 Å². The van der Waals surface area contributed by atoms with Gasteiger partial charge < -0.3 is 9.64 Å². The molecule has 1 saturated carbocycles. The molecule has 0 aliphatic heterocycles. The zero-order chi connectivity index (χ0) is 18.4. The molecule has 1 aliphatic carbocycles. The molecule has 3 rings (SSSR count). The molecule has 0 radical (unpaired) electrons. The van der Waals surface area contributed by atoms with Crippen molar-refractivity contribution in [2.24, 2.45) is 0 Å². The predicted octanol–water partition coefficient (Wildman–Crippen LogP) is 3.88. The van der Waals surface area contributed by atoms with Crippen LogP contribution in [-0.2, 0) is 11.3 Å². The van der Waals surface area contributed by atoms with Crippen LogP contribution < -0.4 is 9.64 Å². The highest BCUT2D eigenvalue weighted by molar-refractivity contribution is 5.95. The van der Waals surface area contributed by atoms with E-state index >= 15 is 0 Å². The van der Waals surface area contributed by atoms with Crippen molar-refractivity contribution in [3.63, 3.8) is 0 Å². The van der Waals surface area contributed by atoms with Gasteiger partial charge in [0.25, 0.3) is 0 Å². The molecule has 0 atom stereocenters. The molecule has 2 aromatic carbocycles. The van der Waals surface area contributed by atoms with Crippen LogP contribution in [0, 0.1) is 0 Å². The van der Waals surface area contributed by atoms with Gasteiger partial charge in [0.2, 0.25) is 5.91 Å². The maximum atomic E-state index is 13.0. The van der Waals surface area contributed by atoms with E-state index < -0.39 is 0 Å². The molecule has 1 aliphatic rings. The molecule has 0 saturated heterocycles. The van der Waals surface area contributed by atoms with Crippen molar-refractivity contribution in [3.8, 4) is 5.75 Å². The van der Waals surface area contributed by atoms with E-state index in [4.69, 9.17) is 4.74 Å². The Morgan fingerprint density at radius 3 is 2.42 bits per heavy atom. The fourth-order valence-electron chi connectivity index (χ4n) is 3.07. The SMILES string of the molecule is C=CCN(C(=O)CN(Cc1ccc(OC)cc1)C1CC1)c1ccccc1. The Bertz CT molecular complexity index is 724. The lowest BCUT2D eigenvalue weighted by Crippen LogP contribution is -2.41. The van der Waals surface area contributed by atoms with Gasteiger partial charge in [-0.15, -0.1) is 6.58 Å². The van der Waals surface area contributed by atoms with Gasteiger partial charge in [0.1, 0.15) is 5.75 Å². The minimum atomic E-state index is 0.108. The van der Waals surface area contributed by atoms with Crippen LogP contribution in [0.25, 0.3) is 0 Å². The molecule has 2 aromatic rings. The van der Waals surface area contributed by atoms with Gasteiger partial charge in [-0.2, -0.15) is 0 Å². The first-order chi connectivity index (χ1) is 12.7. The first kappa shape index (κ1) is 18.2. The monoisotopic (exact) mass is 350 g/mol. The Balaban J connectivity index is 1.69. The second kappa shape index (κ2) is 8.68. The molecule has 1 amide bonds. The smallest absolute Gasteiger partial charge is 0.241 e. The standard InChI is InChI=1S/C22H26N2O2/c1-3-15-24(20-7-5-4-6-8-20)22(25)17-23(19-11-12-19)16-18-9-13-21(26-2)14-10-18/h3-10,13-14,19H,1,11-12,15-17H2,2H3. The Hall–Kier alpha value is -2.59. The highest BCUT2D eigenvalue weighted by atomic mass is 16.5. The number of carbonyl (C=O) groups excluding carboxylic acids is 1. The number of methoxy groups -OCH3 is 1. The van der Waals surface area contributed by atoms with Gasteiger partial charge in [-0.1, -0.05) is 36.4 Å². The van der Waals surface area contributed by atoms with E-state index in [1.165, 1.54) is 5.56 Å². The molecule has 0 aromatic heterocycles. The van der Waals surface area contributed by atoms with Crippen molar-refractivity contribution in [3.05, 3.63) is 72.8 Å². The van der Waals surface area contributed by atoms with Gasteiger partial charge >= 0.3 is 0 Å². The Labute approximate surface area is 155 Å². The zero-order valence-electron chi connectivity index (χ0n) is 15.3. The van der Waals surface area contributed by atoms with Crippen LogP contribution in [0.5, 0.6) is 5.75 Å². The van der Waals surface area contributed by atoms with Crippen LogP contribution in [0.4, 0.5) is 5.69 Å². The normalized spacial score (nSPS) is 13.5. The fourth-order valence-corrected chi connectivity index (χ4v) is 3.07. The van der Waals surface area contributed by atoms with Crippen molar-refractivity contribution in [1.82, 2.24) is 4.90 Å². The third kappa shape index (κ3) is 4.73. The largest absolute Gasteiger partial charge is 0.497 e. The number of benzene rings is 2. The molecule has 136 valence electrons. The molecule has 0 bridgehead atoms. The number of ether oxygens (including phenoxy) is 1. The average Bonchev–Trinajstić information content (AvgIpc) is 3.52. The first-order valence-corrected chi connectivity index (χ1v) is 9.04. The van der Waals surface area contributed by atoms with E-state index in [0.29, 0.717) is 19.1 Å². The summed E-state index contributed by atoms with van der Waals surface area (Å²) in [4.78, 5) is 17.1. The van der Waals surface area contributed by atoms with Crippen molar-refractivity contribution in [1.29, 1.82) is 0 Å². The summed E-state index contributed by atoms with van der Waals surface area (Å²) in [5.41, 5.74) is 2.11. The van der Waals surface area contributed by atoms with Crippen LogP contribution in [-0.4, -0.2) is 37.0 Å². The van der Waals surface area contributed by atoms with Crippen molar-refractivity contribution < 1.29 is 9.53 Å².